The highest BCUT2D eigenvalue weighted by molar-refractivity contribution is 5.93. The average molecular weight is 224 g/mol. The summed E-state index contributed by atoms with van der Waals surface area (Å²) in [6.07, 6.45) is 1.69. The summed E-state index contributed by atoms with van der Waals surface area (Å²) in [6, 6.07) is 3.50. The second-order valence-electron chi connectivity index (χ2n) is 4.37. The highest BCUT2D eigenvalue weighted by Crippen LogP contribution is 2.21. The smallest absolute Gasteiger partial charge is 0.270 e. The lowest BCUT2D eigenvalue weighted by molar-refractivity contribution is 0.0706. The minimum absolute atomic E-state index is 0.0456. The summed E-state index contributed by atoms with van der Waals surface area (Å²) >= 11 is 0. The lowest BCUT2D eigenvalue weighted by Crippen LogP contribution is -2.37. The molecule has 1 fully saturated rings. The van der Waals surface area contributed by atoms with Gasteiger partial charge in [-0.1, -0.05) is 0 Å². The normalized spacial score (nSPS) is 20.4. The second-order valence-corrected chi connectivity index (χ2v) is 4.37. The van der Waals surface area contributed by atoms with E-state index in [2.05, 4.69) is 0 Å². The number of aromatic nitrogens is 1. The Morgan fingerprint density at radius 1 is 1.56 bits per heavy atom. The second kappa shape index (κ2) is 4.28. The van der Waals surface area contributed by atoms with Gasteiger partial charge >= 0.3 is 0 Å². The third-order valence-corrected chi connectivity index (χ3v) is 3.41. The molecule has 88 valence electrons. The van der Waals surface area contributed by atoms with E-state index in [9.17, 15) is 9.18 Å². The first-order valence-electron chi connectivity index (χ1n) is 5.64. The number of nitrogens with zero attached hydrogens (tertiary/aromatic N) is 2. The van der Waals surface area contributed by atoms with E-state index < -0.39 is 6.67 Å². The van der Waals surface area contributed by atoms with Gasteiger partial charge in [0.2, 0.25) is 0 Å². The number of alkyl halides is 1. The molecule has 0 spiro atoms. The average Bonchev–Trinajstić information content (AvgIpc) is 2.86. The highest BCUT2D eigenvalue weighted by Gasteiger charge is 2.30. The summed E-state index contributed by atoms with van der Waals surface area (Å²) in [7, 11) is 1.86. The molecule has 0 saturated carbocycles. The van der Waals surface area contributed by atoms with Crippen molar-refractivity contribution in [2.75, 3.05) is 13.2 Å². The first-order chi connectivity index (χ1) is 7.65. The Morgan fingerprint density at radius 2 is 2.31 bits per heavy atom. The van der Waals surface area contributed by atoms with E-state index in [0.717, 1.165) is 18.5 Å². The molecular formula is C12H17FN2O. The van der Waals surface area contributed by atoms with Crippen molar-refractivity contribution in [3.63, 3.8) is 0 Å². The molecule has 4 heteroatoms. The van der Waals surface area contributed by atoms with E-state index in [1.807, 2.05) is 30.7 Å². The van der Waals surface area contributed by atoms with Crippen LogP contribution in [-0.2, 0) is 7.05 Å². The number of carbonyl (C=O) groups is 1. The van der Waals surface area contributed by atoms with Crippen LogP contribution in [0.2, 0.25) is 0 Å². The Kier molecular flexibility index (Phi) is 2.99. The van der Waals surface area contributed by atoms with E-state index >= 15 is 0 Å². The molecule has 0 aromatic carbocycles. The maximum absolute atomic E-state index is 12.7. The van der Waals surface area contributed by atoms with Crippen molar-refractivity contribution in [3.05, 3.63) is 23.5 Å². The summed E-state index contributed by atoms with van der Waals surface area (Å²) in [5.74, 6) is -0.0456. The van der Waals surface area contributed by atoms with E-state index in [4.69, 9.17) is 0 Å². The molecule has 0 aliphatic carbocycles. The van der Waals surface area contributed by atoms with Crippen LogP contribution in [0.3, 0.4) is 0 Å². The molecule has 1 aromatic rings. The largest absolute Gasteiger partial charge is 0.344 e. The molecule has 1 aromatic heterocycles. The lowest BCUT2D eigenvalue weighted by Gasteiger charge is -2.22. The number of rotatable bonds is 2. The molecule has 1 aliphatic heterocycles. The molecule has 0 bridgehead atoms. The SMILES string of the molecule is Cc1ccc(C(=O)N2CCC[C@@H]2CF)n1C. The van der Waals surface area contributed by atoms with Crippen LogP contribution in [0, 0.1) is 6.92 Å². The van der Waals surface area contributed by atoms with Gasteiger partial charge in [0.05, 0.1) is 6.04 Å². The summed E-state index contributed by atoms with van der Waals surface area (Å²) < 4.78 is 14.6. The molecule has 1 saturated heterocycles. The molecular weight excluding hydrogens is 207 g/mol. The number of aryl methyl sites for hydroxylation is 1. The minimum atomic E-state index is -0.435. The van der Waals surface area contributed by atoms with Crippen molar-refractivity contribution >= 4 is 5.91 Å². The zero-order valence-corrected chi connectivity index (χ0v) is 9.74. The molecule has 0 radical (unpaired) electrons. The van der Waals surface area contributed by atoms with E-state index in [0.29, 0.717) is 12.2 Å². The maximum Gasteiger partial charge on any atom is 0.270 e. The standard InChI is InChI=1S/C12H17FN2O/c1-9-5-6-11(14(9)2)12(16)15-7-3-4-10(15)8-13/h5-6,10H,3-4,7-8H2,1-2H3/t10-/m1/s1. The van der Waals surface area contributed by atoms with Crippen molar-refractivity contribution in [1.82, 2.24) is 9.47 Å². The molecule has 0 unspecified atom stereocenters. The number of halogens is 1. The fourth-order valence-corrected chi connectivity index (χ4v) is 2.24. The third-order valence-electron chi connectivity index (χ3n) is 3.41. The zero-order chi connectivity index (χ0) is 11.7. The third kappa shape index (κ3) is 1.72. The van der Waals surface area contributed by atoms with E-state index in [-0.39, 0.29) is 11.9 Å². The topological polar surface area (TPSA) is 25.2 Å². The first kappa shape index (κ1) is 11.2. The Balaban J connectivity index is 2.22. The van der Waals surface area contributed by atoms with Gasteiger partial charge in [-0.05, 0) is 31.9 Å². The summed E-state index contributed by atoms with van der Waals surface area (Å²) in [6.45, 7) is 2.19. The van der Waals surface area contributed by atoms with Gasteiger partial charge in [0.25, 0.3) is 5.91 Å². The van der Waals surface area contributed by atoms with Crippen LogP contribution in [0.4, 0.5) is 4.39 Å². The lowest BCUT2D eigenvalue weighted by atomic mass is 10.2. The molecule has 2 rings (SSSR count). The van der Waals surface area contributed by atoms with Gasteiger partial charge in [-0.25, -0.2) is 4.39 Å². The van der Waals surface area contributed by atoms with Crippen molar-refractivity contribution < 1.29 is 9.18 Å². The van der Waals surface area contributed by atoms with Crippen LogP contribution >= 0.6 is 0 Å². The van der Waals surface area contributed by atoms with Gasteiger partial charge in [-0.15, -0.1) is 0 Å². The van der Waals surface area contributed by atoms with Crippen molar-refractivity contribution in [2.24, 2.45) is 7.05 Å². The van der Waals surface area contributed by atoms with Crippen LogP contribution < -0.4 is 0 Å². The van der Waals surface area contributed by atoms with Crippen LogP contribution in [0.15, 0.2) is 12.1 Å². The van der Waals surface area contributed by atoms with Gasteiger partial charge in [0.1, 0.15) is 12.4 Å². The van der Waals surface area contributed by atoms with Crippen LogP contribution in [0.25, 0.3) is 0 Å². The number of amides is 1. The monoisotopic (exact) mass is 224 g/mol. The number of hydrogen-bond donors (Lipinski definition) is 0. The molecule has 2 heterocycles. The Hall–Kier alpha value is -1.32. The van der Waals surface area contributed by atoms with Crippen LogP contribution in [-0.4, -0.2) is 34.6 Å². The molecule has 1 amide bonds. The highest BCUT2D eigenvalue weighted by atomic mass is 19.1. The zero-order valence-electron chi connectivity index (χ0n) is 9.74. The quantitative estimate of drug-likeness (QED) is 0.753. The fraction of sp³-hybridized carbons (Fsp3) is 0.583. The molecule has 0 N–H and O–H groups in total. The molecule has 3 nitrogen and oxygen atoms in total. The van der Waals surface area contributed by atoms with Crippen LogP contribution in [0.1, 0.15) is 29.0 Å². The Bertz CT molecular complexity index is 400. The van der Waals surface area contributed by atoms with Gasteiger partial charge in [0, 0.05) is 19.3 Å². The molecule has 16 heavy (non-hydrogen) atoms. The fourth-order valence-electron chi connectivity index (χ4n) is 2.24. The van der Waals surface area contributed by atoms with E-state index in [1.54, 1.807) is 4.90 Å². The van der Waals surface area contributed by atoms with Gasteiger partial charge < -0.3 is 9.47 Å². The number of carbonyl (C=O) groups excluding carboxylic acids is 1. The van der Waals surface area contributed by atoms with Crippen molar-refractivity contribution in [1.29, 1.82) is 0 Å². The summed E-state index contributed by atoms with van der Waals surface area (Å²) in [5.41, 5.74) is 1.69. The summed E-state index contributed by atoms with van der Waals surface area (Å²) in [5, 5.41) is 0. The van der Waals surface area contributed by atoms with Crippen LogP contribution in [0.5, 0.6) is 0 Å². The minimum Gasteiger partial charge on any atom is -0.344 e. The van der Waals surface area contributed by atoms with Crippen molar-refractivity contribution in [3.8, 4) is 0 Å². The predicted molar refractivity (Wildman–Crippen MR) is 60.2 cm³/mol. The number of likely N-dealkylation sites (tertiary alicyclic amines) is 1. The maximum atomic E-state index is 12.7. The molecule has 1 aliphatic rings. The molecule has 1 atom stereocenters. The summed E-state index contributed by atoms with van der Waals surface area (Å²) in [4.78, 5) is 13.9. The Morgan fingerprint density at radius 3 is 2.88 bits per heavy atom. The van der Waals surface area contributed by atoms with Gasteiger partial charge in [-0.2, -0.15) is 0 Å². The first-order valence-corrected chi connectivity index (χ1v) is 5.64. The number of hydrogen-bond acceptors (Lipinski definition) is 1. The predicted octanol–water partition coefficient (Wildman–Crippen LogP) is 1.91. The van der Waals surface area contributed by atoms with Gasteiger partial charge in [0.15, 0.2) is 0 Å². The van der Waals surface area contributed by atoms with Crippen molar-refractivity contribution in [2.45, 2.75) is 25.8 Å². The Labute approximate surface area is 94.9 Å². The van der Waals surface area contributed by atoms with Gasteiger partial charge in [-0.3, -0.25) is 4.79 Å². The van der Waals surface area contributed by atoms with E-state index in [1.165, 1.54) is 0 Å².